The number of nitrogens with one attached hydrogen (secondary N) is 2. The second-order valence-electron chi connectivity index (χ2n) is 5.38. The number of rotatable bonds is 7. The van der Waals surface area contributed by atoms with Crippen molar-refractivity contribution in [2.75, 3.05) is 11.9 Å². The van der Waals surface area contributed by atoms with Gasteiger partial charge in [-0.25, -0.2) is 4.39 Å². The molecule has 7 nitrogen and oxygen atoms in total. The first-order valence-corrected chi connectivity index (χ1v) is 8.12. The van der Waals surface area contributed by atoms with E-state index >= 15 is 0 Å². The summed E-state index contributed by atoms with van der Waals surface area (Å²) in [4.78, 5) is 22.3. The lowest BCUT2D eigenvalue weighted by molar-refractivity contribution is -0.384. The summed E-state index contributed by atoms with van der Waals surface area (Å²) in [5, 5.41) is 25.2. The molecule has 138 valence electrons. The summed E-state index contributed by atoms with van der Waals surface area (Å²) in [5.74, 6) is -1.10. The standard InChI is InChI=1S/C18H14ClFN4O3/c19-16-5-4-15(24(26)27)9-17(16)23-18(25)13(10-21)11-22-7-6-12-2-1-3-14(20)8-12/h1-5,8-9,11,22H,6-7H2,(H,23,25)/b13-11-. The van der Waals surface area contributed by atoms with E-state index in [0.717, 1.165) is 11.6 Å². The van der Waals surface area contributed by atoms with Crippen molar-refractivity contribution in [2.45, 2.75) is 6.42 Å². The van der Waals surface area contributed by atoms with Crippen LogP contribution in [0, 0.1) is 27.3 Å². The molecular weight excluding hydrogens is 375 g/mol. The van der Waals surface area contributed by atoms with E-state index in [0.29, 0.717) is 13.0 Å². The molecule has 9 heteroatoms. The van der Waals surface area contributed by atoms with Gasteiger partial charge in [-0.05, 0) is 30.2 Å². The largest absolute Gasteiger partial charge is 0.389 e. The molecule has 0 saturated carbocycles. The Balaban J connectivity index is 1.99. The van der Waals surface area contributed by atoms with Gasteiger partial charge in [0.1, 0.15) is 17.5 Å². The smallest absolute Gasteiger partial charge is 0.271 e. The molecule has 0 unspecified atom stereocenters. The predicted molar refractivity (Wildman–Crippen MR) is 98.5 cm³/mol. The third-order valence-corrected chi connectivity index (χ3v) is 3.80. The number of hydrogen-bond acceptors (Lipinski definition) is 5. The fraction of sp³-hybridized carbons (Fsp3) is 0.111. The Morgan fingerprint density at radius 2 is 2.11 bits per heavy atom. The minimum absolute atomic E-state index is 0.0248. The van der Waals surface area contributed by atoms with Crippen molar-refractivity contribution in [2.24, 2.45) is 0 Å². The van der Waals surface area contributed by atoms with Crippen LogP contribution in [-0.2, 0) is 11.2 Å². The average Bonchev–Trinajstić information content (AvgIpc) is 2.63. The number of carbonyl (C=O) groups is 1. The first-order chi connectivity index (χ1) is 12.9. The minimum Gasteiger partial charge on any atom is -0.389 e. The molecule has 0 aliphatic rings. The van der Waals surface area contributed by atoms with E-state index < -0.39 is 10.8 Å². The van der Waals surface area contributed by atoms with Gasteiger partial charge in [0.15, 0.2) is 0 Å². The SMILES string of the molecule is N#C/C(=C/NCCc1cccc(F)c1)C(=O)Nc1cc([N+](=O)[O-])ccc1Cl. The number of anilines is 1. The molecule has 0 aromatic heterocycles. The second-order valence-corrected chi connectivity index (χ2v) is 5.79. The Bertz CT molecular complexity index is 940. The zero-order chi connectivity index (χ0) is 19.8. The van der Waals surface area contributed by atoms with Crippen molar-refractivity contribution in [1.82, 2.24) is 5.32 Å². The van der Waals surface area contributed by atoms with Crippen LogP contribution in [0.1, 0.15) is 5.56 Å². The van der Waals surface area contributed by atoms with E-state index in [-0.39, 0.29) is 27.8 Å². The Hall–Kier alpha value is -3.44. The summed E-state index contributed by atoms with van der Waals surface area (Å²) in [6.07, 6.45) is 1.71. The van der Waals surface area contributed by atoms with Crippen LogP contribution in [0.25, 0.3) is 0 Å². The van der Waals surface area contributed by atoms with Gasteiger partial charge < -0.3 is 10.6 Å². The normalized spacial score (nSPS) is 10.8. The highest BCUT2D eigenvalue weighted by Crippen LogP contribution is 2.26. The minimum atomic E-state index is -0.766. The third kappa shape index (κ3) is 5.80. The monoisotopic (exact) mass is 388 g/mol. The topological polar surface area (TPSA) is 108 Å². The molecule has 0 bridgehead atoms. The van der Waals surface area contributed by atoms with Crippen molar-refractivity contribution in [3.05, 3.63) is 80.8 Å². The molecule has 0 aliphatic carbocycles. The molecule has 0 heterocycles. The van der Waals surface area contributed by atoms with Gasteiger partial charge in [0.25, 0.3) is 11.6 Å². The van der Waals surface area contributed by atoms with E-state index in [1.54, 1.807) is 18.2 Å². The summed E-state index contributed by atoms with van der Waals surface area (Å²) < 4.78 is 13.1. The maximum absolute atomic E-state index is 13.1. The van der Waals surface area contributed by atoms with Gasteiger partial charge >= 0.3 is 0 Å². The van der Waals surface area contributed by atoms with Crippen LogP contribution in [0.5, 0.6) is 0 Å². The van der Waals surface area contributed by atoms with Crippen molar-refractivity contribution in [1.29, 1.82) is 5.26 Å². The quantitative estimate of drug-likeness (QED) is 0.248. The van der Waals surface area contributed by atoms with Gasteiger partial charge in [0.05, 0.1) is 15.6 Å². The van der Waals surface area contributed by atoms with Crippen LogP contribution in [0.3, 0.4) is 0 Å². The van der Waals surface area contributed by atoms with Crippen molar-refractivity contribution < 1.29 is 14.1 Å². The van der Waals surface area contributed by atoms with Gasteiger partial charge in [0, 0.05) is 24.9 Å². The van der Waals surface area contributed by atoms with Crippen LogP contribution in [0.2, 0.25) is 5.02 Å². The van der Waals surface area contributed by atoms with Crippen LogP contribution < -0.4 is 10.6 Å². The number of carbonyl (C=O) groups excluding carboxylic acids is 1. The lowest BCUT2D eigenvalue weighted by Gasteiger charge is -2.07. The Morgan fingerprint density at radius 3 is 2.78 bits per heavy atom. The van der Waals surface area contributed by atoms with Gasteiger partial charge in [0.2, 0.25) is 0 Å². The summed E-state index contributed by atoms with van der Waals surface area (Å²) >= 11 is 5.91. The van der Waals surface area contributed by atoms with E-state index in [4.69, 9.17) is 16.9 Å². The molecule has 0 aliphatic heterocycles. The highest BCUT2D eigenvalue weighted by Gasteiger charge is 2.14. The molecule has 2 aromatic carbocycles. The molecule has 2 N–H and O–H groups in total. The Kier molecular flexibility index (Phi) is 6.86. The zero-order valence-corrected chi connectivity index (χ0v) is 14.7. The average molecular weight is 389 g/mol. The van der Waals surface area contributed by atoms with Gasteiger partial charge in [-0.2, -0.15) is 5.26 Å². The number of nitro groups is 1. The first kappa shape index (κ1) is 19.9. The fourth-order valence-corrected chi connectivity index (χ4v) is 2.31. The summed E-state index contributed by atoms with van der Waals surface area (Å²) in [5.41, 5.74) is 0.307. The highest BCUT2D eigenvalue weighted by molar-refractivity contribution is 6.34. The third-order valence-electron chi connectivity index (χ3n) is 3.47. The Labute approximate surface area is 159 Å². The van der Waals surface area contributed by atoms with Gasteiger partial charge in [-0.15, -0.1) is 0 Å². The summed E-state index contributed by atoms with van der Waals surface area (Å²) in [6, 6.07) is 11.4. The number of halogens is 2. The molecule has 0 radical (unpaired) electrons. The number of amides is 1. The number of nitro benzene ring substituents is 1. The number of non-ortho nitro benzene ring substituents is 1. The zero-order valence-electron chi connectivity index (χ0n) is 13.9. The van der Waals surface area contributed by atoms with Crippen molar-refractivity contribution >= 4 is 28.9 Å². The highest BCUT2D eigenvalue weighted by atomic mass is 35.5. The molecule has 27 heavy (non-hydrogen) atoms. The van der Waals surface area contributed by atoms with E-state index in [1.165, 1.54) is 30.5 Å². The number of hydrogen-bond donors (Lipinski definition) is 2. The number of nitriles is 1. The summed E-state index contributed by atoms with van der Waals surface area (Å²) in [7, 11) is 0. The van der Waals surface area contributed by atoms with Crippen molar-refractivity contribution in [3.63, 3.8) is 0 Å². The van der Waals surface area contributed by atoms with Gasteiger partial charge in [-0.1, -0.05) is 23.7 Å². The molecule has 2 aromatic rings. The molecule has 0 spiro atoms. The maximum Gasteiger partial charge on any atom is 0.271 e. The maximum atomic E-state index is 13.1. The van der Waals surface area contributed by atoms with Crippen LogP contribution in [0.4, 0.5) is 15.8 Å². The van der Waals surface area contributed by atoms with E-state index in [9.17, 15) is 19.3 Å². The summed E-state index contributed by atoms with van der Waals surface area (Å²) in [6.45, 7) is 0.374. The lowest BCUT2D eigenvalue weighted by atomic mass is 10.1. The molecule has 0 atom stereocenters. The van der Waals surface area contributed by atoms with E-state index in [1.807, 2.05) is 0 Å². The lowest BCUT2D eigenvalue weighted by Crippen LogP contribution is -2.18. The fourth-order valence-electron chi connectivity index (χ4n) is 2.14. The number of benzene rings is 2. The second kappa shape index (κ2) is 9.31. The predicted octanol–water partition coefficient (Wildman–Crippen LogP) is 3.57. The van der Waals surface area contributed by atoms with Crippen LogP contribution >= 0.6 is 11.6 Å². The van der Waals surface area contributed by atoms with Gasteiger partial charge in [-0.3, -0.25) is 14.9 Å². The van der Waals surface area contributed by atoms with E-state index in [2.05, 4.69) is 10.6 Å². The van der Waals surface area contributed by atoms with Crippen LogP contribution in [-0.4, -0.2) is 17.4 Å². The molecular formula is C18H14ClFN4O3. The van der Waals surface area contributed by atoms with Crippen LogP contribution in [0.15, 0.2) is 54.2 Å². The molecule has 1 amide bonds. The molecule has 0 fully saturated rings. The molecule has 0 saturated heterocycles. The first-order valence-electron chi connectivity index (χ1n) is 7.74. The molecule has 2 rings (SSSR count). The van der Waals surface area contributed by atoms with Crippen molar-refractivity contribution in [3.8, 4) is 6.07 Å². The number of nitrogens with zero attached hydrogens (tertiary/aromatic N) is 2. The Morgan fingerprint density at radius 1 is 1.33 bits per heavy atom.